The minimum Gasteiger partial charge on any atom is -0.301 e. The molecule has 1 heterocycles. The lowest BCUT2D eigenvalue weighted by Crippen LogP contribution is -2.22. The van der Waals surface area contributed by atoms with Gasteiger partial charge in [-0.05, 0) is 6.92 Å². The molecule has 1 rings (SSSR count). The van der Waals surface area contributed by atoms with E-state index in [2.05, 4.69) is 5.92 Å². The maximum atomic E-state index is 11.5. The summed E-state index contributed by atoms with van der Waals surface area (Å²) in [6.45, 7) is 3.87. The van der Waals surface area contributed by atoms with Gasteiger partial charge in [-0.2, -0.15) is 0 Å². The van der Waals surface area contributed by atoms with Crippen LogP contribution in [0.3, 0.4) is 0 Å². The number of terminal acetylenes is 1. The maximum absolute atomic E-state index is 11.5. The van der Waals surface area contributed by atoms with Crippen molar-refractivity contribution in [2.75, 3.05) is 18.2 Å². The normalized spacial score (nSPS) is 44.8. The Balaban J connectivity index is 2.64. The fourth-order valence-electron chi connectivity index (χ4n) is 0.682. The molecule has 4 heteroatoms. The highest BCUT2D eigenvalue weighted by Gasteiger charge is 2.34. The number of hydrogen-bond donors (Lipinski definition) is 0. The van der Waals surface area contributed by atoms with Gasteiger partial charge in [-0.25, -0.2) is 0 Å². The van der Waals surface area contributed by atoms with Crippen LogP contribution < -0.4 is 0 Å². The smallest absolute Gasteiger partial charge is 0.188 e. The molecule has 0 atom stereocenters. The fourth-order valence-corrected chi connectivity index (χ4v) is 7.25. The molecule has 0 spiro atoms. The average molecular weight is 206 g/mol. The Labute approximate surface area is 76.0 Å². The van der Waals surface area contributed by atoms with Crippen LogP contribution in [0.15, 0.2) is 0 Å². The molecular weight excluding hydrogens is 195 g/mol. The van der Waals surface area contributed by atoms with Crippen LogP contribution in [0, 0.1) is 17.8 Å². The Morgan fingerprint density at radius 1 is 1.55 bits per heavy atom. The number of hydrogen-bond acceptors (Lipinski definition) is 3. The zero-order valence-electron chi connectivity index (χ0n) is 6.66. The summed E-state index contributed by atoms with van der Waals surface area (Å²) >= 11 is 3.06. The molecule has 0 unspecified atom stereocenters. The van der Waals surface area contributed by atoms with E-state index in [1.807, 2.05) is 13.6 Å². The van der Waals surface area contributed by atoms with Crippen LogP contribution in [-0.2, 0) is 4.57 Å². The van der Waals surface area contributed by atoms with Crippen LogP contribution >= 0.6 is 28.3 Å². The fraction of sp³-hybridized carbons (Fsp3) is 0.714. The second kappa shape index (κ2) is 3.09. The third kappa shape index (κ3) is 2.47. The third-order valence-electron chi connectivity index (χ3n) is 1.58. The first-order valence-electron chi connectivity index (χ1n) is 3.32. The molecule has 62 valence electrons. The van der Waals surface area contributed by atoms with Gasteiger partial charge in [0.15, 0.2) is 5.55 Å². The Hall–Kier alpha value is 0.490. The monoisotopic (exact) mass is 206 g/mol. The van der Waals surface area contributed by atoms with Gasteiger partial charge in [0.2, 0.25) is 0 Å². The van der Waals surface area contributed by atoms with E-state index >= 15 is 0 Å². The van der Waals surface area contributed by atoms with Gasteiger partial charge in [0.25, 0.3) is 0 Å². The topological polar surface area (TPSA) is 17.1 Å². The van der Waals surface area contributed by atoms with Crippen LogP contribution in [0.1, 0.15) is 6.92 Å². The molecule has 0 amide bonds. The van der Waals surface area contributed by atoms with E-state index in [1.165, 1.54) is 22.8 Å². The molecule has 1 nitrogen and oxygen atoms in total. The lowest BCUT2D eigenvalue weighted by Gasteiger charge is -2.30. The molecule has 0 N–H and O–H groups in total. The van der Waals surface area contributed by atoms with Crippen molar-refractivity contribution in [1.29, 1.82) is 0 Å². The molecule has 0 aliphatic carbocycles. The molecule has 0 aromatic heterocycles. The summed E-state index contributed by atoms with van der Waals surface area (Å²) in [4.78, 5) is 0. The van der Waals surface area contributed by atoms with Crippen LogP contribution in [-0.4, -0.2) is 18.2 Å². The van der Waals surface area contributed by atoms with E-state index in [1.54, 1.807) is 0 Å². The Morgan fingerprint density at radius 3 is 2.36 bits per heavy atom. The van der Waals surface area contributed by atoms with Gasteiger partial charge in [-0.15, -0.1) is 6.42 Å². The summed E-state index contributed by atoms with van der Waals surface area (Å²) < 4.78 is 11.5. The second-order valence-corrected chi connectivity index (χ2v) is 12.1. The summed E-state index contributed by atoms with van der Waals surface area (Å²) in [5, 5.41) is 0. The summed E-state index contributed by atoms with van der Waals surface area (Å²) in [5.74, 6) is 4.43. The van der Waals surface area contributed by atoms with Crippen molar-refractivity contribution in [3.63, 3.8) is 0 Å². The zero-order chi connectivity index (χ0) is 8.54. The molecule has 0 saturated carbocycles. The molecule has 1 aliphatic heterocycles. The molecule has 1 aliphatic rings. The van der Waals surface area contributed by atoms with E-state index in [4.69, 9.17) is 6.42 Å². The predicted molar refractivity (Wildman–Crippen MR) is 55.4 cm³/mol. The summed E-state index contributed by atoms with van der Waals surface area (Å²) in [5.41, 5.74) is -1.98. The van der Waals surface area contributed by atoms with Gasteiger partial charge in [-0.1, -0.05) is 28.7 Å². The first-order valence-corrected chi connectivity index (χ1v) is 8.65. The highest BCUT2D eigenvalue weighted by Crippen LogP contribution is 2.71. The molecule has 0 aromatic rings. The van der Waals surface area contributed by atoms with Gasteiger partial charge in [0.1, 0.15) is 0 Å². The Kier molecular flexibility index (Phi) is 2.69. The minimum absolute atomic E-state index is 0.0424. The van der Waals surface area contributed by atoms with Crippen molar-refractivity contribution in [2.24, 2.45) is 5.41 Å². The Bertz CT molecular complexity index is 231. The SMILES string of the molecule is C#CC1(C)CSP(C)(=O)SC1. The Morgan fingerprint density at radius 2 is 2.00 bits per heavy atom. The lowest BCUT2D eigenvalue weighted by molar-refractivity contribution is 0.584. The highest BCUT2D eigenvalue weighted by molar-refractivity contribution is 8.90. The highest BCUT2D eigenvalue weighted by atomic mass is 33.1. The van der Waals surface area contributed by atoms with Crippen LogP contribution in [0.4, 0.5) is 0 Å². The first-order chi connectivity index (χ1) is 4.97. The van der Waals surface area contributed by atoms with Gasteiger partial charge in [0, 0.05) is 23.6 Å². The summed E-state index contributed by atoms with van der Waals surface area (Å²) in [6, 6.07) is 0. The molecule has 1 fully saturated rings. The van der Waals surface area contributed by atoms with E-state index < -0.39 is 5.55 Å². The van der Waals surface area contributed by atoms with Gasteiger partial charge < -0.3 is 4.57 Å². The predicted octanol–water partition coefficient (Wildman–Crippen LogP) is 2.93. The van der Waals surface area contributed by atoms with Crippen molar-refractivity contribution in [3.05, 3.63) is 0 Å². The van der Waals surface area contributed by atoms with Crippen LogP contribution in [0.25, 0.3) is 0 Å². The van der Waals surface area contributed by atoms with Crippen molar-refractivity contribution < 1.29 is 4.57 Å². The van der Waals surface area contributed by atoms with Crippen molar-refractivity contribution in [2.45, 2.75) is 6.92 Å². The zero-order valence-corrected chi connectivity index (χ0v) is 9.19. The van der Waals surface area contributed by atoms with E-state index in [9.17, 15) is 4.57 Å². The average Bonchev–Trinajstić information content (AvgIpc) is 1.97. The molecule has 11 heavy (non-hydrogen) atoms. The van der Waals surface area contributed by atoms with Gasteiger partial charge >= 0.3 is 0 Å². The lowest BCUT2D eigenvalue weighted by atomic mass is 9.98. The summed E-state index contributed by atoms with van der Waals surface area (Å²) in [7, 11) is 0. The molecular formula is C7H11OPS2. The van der Waals surface area contributed by atoms with Crippen LogP contribution in [0.5, 0.6) is 0 Å². The van der Waals surface area contributed by atoms with Crippen molar-refractivity contribution in [3.8, 4) is 12.3 Å². The molecule has 0 bridgehead atoms. The van der Waals surface area contributed by atoms with E-state index in [-0.39, 0.29) is 5.41 Å². The van der Waals surface area contributed by atoms with Crippen molar-refractivity contribution >= 4 is 28.3 Å². The van der Waals surface area contributed by atoms with E-state index in [0.29, 0.717) is 0 Å². The third-order valence-corrected chi connectivity index (χ3v) is 9.54. The van der Waals surface area contributed by atoms with Crippen molar-refractivity contribution in [1.82, 2.24) is 0 Å². The molecule has 0 radical (unpaired) electrons. The first kappa shape index (κ1) is 9.58. The quantitative estimate of drug-likeness (QED) is 0.448. The second-order valence-electron chi connectivity index (χ2n) is 3.02. The largest absolute Gasteiger partial charge is 0.301 e. The van der Waals surface area contributed by atoms with Crippen LogP contribution in [0.2, 0.25) is 0 Å². The van der Waals surface area contributed by atoms with Gasteiger partial charge in [-0.3, -0.25) is 0 Å². The summed E-state index contributed by atoms with van der Waals surface area (Å²) in [6.07, 6.45) is 5.36. The van der Waals surface area contributed by atoms with Gasteiger partial charge in [0.05, 0.1) is 0 Å². The molecule has 1 saturated heterocycles. The minimum atomic E-state index is -1.94. The molecule has 0 aromatic carbocycles. The number of rotatable bonds is 0. The standard InChI is InChI=1S/C7H11OPS2/c1-4-7(2)5-10-9(3,8)11-6-7/h1H,5-6H2,2-3H3. The maximum Gasteiger partial charge on any atom is 0.188 e. The van der Waals surface area contributed by atoms with E-state index in [0.717, 1.165) is 11.5 Å².